The summed E-state index contributed by atoms with van der Waals surface area (Å²) in [6, 6.07) is 17.0. The van der Waals surface area contributed by atoms with Gasteiger partial charge in [0.1, 0.15) is 0 Å². The maximum absolute atomic E-state index is 11.7. The number of aliphatic carboxylic acids is 1. The predicted molar refractivity (Wildman–Crippen MR) is 70.4 cm³/mol. The number of benzene rings is 2. The van der Waals surface area contributed by atoms with Crippen molar-refractivity contribution in [3.05, 3.63) is 60.2 Å². The summed E-state index contributed by atoms with van der Waals surface area (Å²) in [6.45, 7) is 0. The molecule has 20 heavy (non-hydrogen) atoms. The van der Waals surface area contributed by atoms with Crippen molar-refractivity contribution >= 4 is 11.8 Å². The molecule has 0 aromatic heterocycles. The molecule has 0 aliphatic heterocycles. The second-order valence-corrected chi connectivity index (χ2v) is 4.24. The van der Waals surface area contributed by atoms with Crippen molar-refractivity contribution in [1.82, 2.24) is 0 Å². The number of rotatable bonds is 5. The van der Waals surface area contributed by atoms with Crippen molar-refractivity contribution in [2.45, 2.75) is 12.8 Å². The van der Waals surface area contributed by atoms with Gasteiger partial charge in [0.15, 0.2) is 5.78 Å². The van der Waals surface area contributed by atoms with Gasteiger partial charge in [0.2, 0.25) is 0 Å². The van der Waals surface area contributed by atoms with Crippen LogP contribution < -0.4 is 34.7 Å². The number of hydrogen-bond acceptors (Lipinski definition) is 3. The molecule has 0 radical (unpaired) electrons. The molecule has 0 atom stereocenters. The van der Waals surface area contributed by atoms with E-state index < -0.39 is 5.97 Å². The summed E-state index contributed by atoms with van der Waals surface area (Å²) >= 11 is 0. The van der Waals surface area contributed by atoms with Gasteiger partial charge in [-0.25, -0.2) is 0 Å². The summed E-state index contributed by atoms with van der Waals surface area (Å²) < 4.78 is 0. The van der Waals surface area contributed by atoms with Crippen molar-refractivity contribution in [2.24, 2.45) is 0 Å². The fourth-order valence-electron chi connectivity index (χ4n) is 1.84. The molecular weight excluding hydrogens is 263 g/mol. The molecule has 3 nitrogen and oxygen atoms in total. The first-order valence-corrected chi connectivity index (χ1v) is 6.05. The Hall–Kier alpha value is -1.42. The maximum Gasteiger partial charge on any atom is 1.00 e. The van der Waals surface area contributed by atoms with Gasteiger partial charge in [-0.3, -0.25) is 4.79 Å². The largest absolute Gasteiger partial charge is 1.00 e. The van der Waals surface area contributed by atoms with E-state index in [1.165, 1.54) is 0 Å². The molecule has 0 unspecified atom stereocenters. The van der Waals surface area contributed by atoms with Gasteiger partial charge in [-0.15, -0.1) is 0 Å². The van der Waals surface area contributed by atoms with Crippen LogP contribution in [0.2, 0.25) is 0 Å². The molecule has 4 heteroatoms. The first kappa shape index (κ1) is 16.6. The molecule has 0 saturated carbocycles. The van der Waals surface area contributed by atoms with Crippen LogP contribution in [0.25, 0.3) is 11.1 Å². The molecule has 0 spiro atoms. The number of carboxylic acids is 1. The minimum Gasteiger partial charge on any atom is -0.550 e. The Kier molecular flexibility index (Phi) is 6.65. The first-order chi connectivity index (χ1) is 9.16. The average molecular weight is 276 g/mol. The number of carboxylic acid groups (broad SMARTS) is 1. The van der Waals surface area contributed by atoms with E-state index in [1.54, 1.807) is 12.1 Å². The van der Waals surface area contributed by atoms with E-state index in [2.05, 4.69) is 0 Å². The molecule has 2 aromatic carbocycles. The molecule has 0 fully saturated rings. The topological polar surface area (TPSA) is 57.2 Å². The van der Waals surface area contributed by atoms with E-state index in [0.29, 0.717) is 5.56 Å². The summed E-state index contributed by atoms with van der Waals surface area (Å²) in [4.78, 5) is 22.0. The standard InChI is InChI=1S/C16H14O3.Na/c17-15(10-11-16(18)19)14-8-6-13(7-9-14)12-4-2-1-3-5-12;/h1-9H,10-11H2,(H,18,19);/q;+1/p-1. The Morgan fingerprint density at radius 2 is 1.35 bits per heavy atom. The molecule has 2 rings (SSSR count). The van der Waals surface area contributed by atoms with E-state index in [4.69, 9.17) is 0 Å². The van der Waals surface area contributed by atoms with Gasteiger partial charge < -0.3 is 9.90 Å². The zero-order chi connectivity index (χ0) is 13.7. The Bertz CT molecular complexity index is 576. The maximum atomic E-state index is 11.7. The van der Waals surface area contributed by atoms with Crippen molar-refractivity contribution in [1.29, 1.82) is 0 Å². The van der Waals surface area contributed by atoms with E-state index >= 15 is 0 Å². The van der Waals surface area contributed by atoms with Crippen LogP contribution >= 0.6 is 0 Å². The molecule has 0 heterocycles. The molecule has 2 aromatic rings. The number of carbonyl (C=O) groups excluding carboxylic acids is 2. The average Bonchev–Trinajstić information content (AvgIpc) is 2.46. The number of hydrogen-bond donors (Lipinski definition) is 0. The SMILES string of the molecule is O=C([O-])CCC(=O)c1ccc(-c2ccccc2)cc1.[Na+]. The van der Waals surface area contributed by atoms with Gasteiger partial charge in [0, 0.05) is 18.0 Å². The van der Waals surface area contributed by atoms with Crippen LogP contribution in [-0.2, 0) is 4.79 Å². The van der Waals surface area contributed by atoms with E-state index in [0.717, 1.165) is 11.1 Å². The molecular formula is C16H13NaO3. The van der Waals surface area contributed by atoms with Gasteiger partial charge >= 0.3 is 29.6 Å². The second-order valence-electron chi connectivity index (χ2n) is 4.24. The molecule has 0 aliphatic rings. The van der Waals surface area contributed by atoms with Crippen LogP contribution in [0, 0.1) is 0 Å². The van der Waals surface area contributed by atoms with E-state index in [1.807, 2.05) is 42.5 Å². The zero-order valence-corrected chi connectivity index (χ0v) is 13.3. The monoisotopic (exact) mass is 276 g/mol. The molecule has 96 valence electrons. The van der Waals surface area contributed by atoms with E-state index in [-0.39, 0.29) is 48.2 Å². The quantitative estimate of drug-likeness (QED) is 0.524. The predicted octanol–water partition coefficient (Wildman–Crippen LogP) is -0.930. The van der Waals surface area contributed by atoms with Crippen LogP contribution in [0.15, 0.2) is 54.6 Å². The summed E-state index contributed by atoms with van der Waals surface area (Å²) in [5.41, 5.74) is 2.63. The number of carbonyl (C=O) groups is 2. The molecule has 0 saturated heterocycles. The van der Waals surface area contributed by atoms with Crippen molar-refractivity contribution in [3.63, 3.8) is 0 Å². The molecule has 0 amide bonds. The van der Waals surface area contributed by atoms with Gasteiger partial charge in [0.25, 0.3) is 0 Å². The Morgan fingerprint density at radius 3 is 1.90 bits per heavy atom. The van der Waals surface area contributed by atoms with Crippen LogP contribution in [0.1, 0.15) is 23.2 Å². The zero-order valence-electron chi connectivity index (χ0n) is 11.3. The third-order valence-electron chi connectivity index (χ3n) is 2.87. The second kappa shape index (κ2) is 8.00. The van der Waals surface area contributed by atoms with Gasteiger partial charge in [-0.05, 0) is 17.5 Å². The number of ketones is 1. The normalized spacial score (nSPS) is 9.60. The van der Waals surface area contributed by atoms with Crippen LogP contribution in [0.5, 0.6) is 0 Å². The third-order valence-corrected chi connectivity index (χ3v) is 2.87. The molecule has 0 bridgehead atoms. The van der Waals surface area contributed by atoms with Crippen molar-refractivity contribution < 1.29 is 44.3 Å². The van der Waals surface area contributed by atoms with E-state index in [9.17, 15) is 14.7 Å². The van der Waals surface area contributed by atoms with Crippen molar-refractivity contribution in [3.8, 4) is 11.1 Å². The Labute approximate surface area is 139 Å². The third kappa shape index (κ3) is 4.60. The van der Waals surface area contributed by atoms with Gasteiger partial charge in [-0.2, -0.15) is 0 Å². The minimum absolute atomic E-state index is 0. The Morgan fingerprint density at radius 1 is 0.800 bits per heavy atom. The fraction of sp³-hybridized carbons (Fsp3) is 0.125. The summed E-state index contributed by atoms with van der Waals surface area (Å²) in [5, 5.41) is 10.3. The van der Waals surface area contributed by atoms with Crippen molar-refractivity contribution in [2.75, 3.05) is 0 Å². The fourth-order valence-corrected chi connectivity index (χ4v) is 1.84. The Balaban J connectivity index is 0.00000200. The molecule has 0 aliphatic carbocycles. The van der Waals surface area contributed by atoms with Crippen LogP contribution in [-0.4, -0.2) is 11.8 Å². The molecule has 0 N–H and O–H groups in total. The summed E-state index contributed by atoms with van der Waals surface area (Å²) in [6.07, 6.45) is -0.258. The first-order valence-electron chi connectivity index (χ1n) is 6.05. The van der Waals surface area contributed by atoms with Gasteiger partial charge in [-0.1, -0.05) is 54.6 Å². The van der Waals surface area contributed by atoms with Gasteiger partial charge in [0.05, 0.1) is 0 Å². The number of Topliss-reactive ketones (excluding diaryl/α,β-unsaturated/α-hetero) is 1. The minimum atomic E-state index is -1.20. The summed E-state index contributed by atoms with van der Waals surface area (Å²) in [5.74, 6) is -1.38. The summed E-state index contributed by atoms with van der Waals surface area (Å²) in [7, 11) is 0. The van der Waals surface area contributed by atoms with Crippen LogP contribution in [0.3, 0.4) is 0 Å². The van der Waals surface area contributed by atoms with Crippen LogP contribution in [0.4, 0.5) is 0 Å². The smallest absolute Gasteiger partial charge is 0.550 e.